The molecule has 0 bridgehead atoms. The van der Waals surface area contributed by atoms with Crippen LogP contribution in [-0.4, -0.2) is 37.7 Å². The number of nitrogens with one attached hydrogen (secondary N) is 1. The maximum absolute atomic E-state index is 12.3. The molecule has 1 atom stereocenters. The van der Waals surface area contributed by atoms with Crippen LogP contribution in [0, 0.1) is 0 Å². The minimum absolute atomic E-state index is 0.0289. The van der Waals surface area contributed by atoms with Crippen molar-refractivity contribution in [2.45, 2.75) is 45.1 Å². The molecule has 4 aromatic rings. The summed E-state index contributed by atoms with van der Waals surface area (Å²) in [5, 5.41) is 9.79. The highest BCUT2D eigenvalue weighted by Crippen LogP contribution is 2.37. The highest BCUT2D eigenvalue weighted by atomic mass is 28.4. The van der Waals surface area contributed by atoms with Crippen molar-refractivity contribution < 1.29 is 14.0 Å². The molecule has 0 spiro atoms. The lowest BCUT2D eigenvalue weighted by molar-refractivity contribution is 0.0519. The molecule has 1 unspecified atom stereocenters. The third-order valence-electron chi connectivity index (χ3n) is 6.79. The standard InChI is InChI=1S/C31H36N2O3Si/c1-5-35-30(34)29-23-28(32-33-29)27(24-15-9-6-10-16-24)21-22-36-37(31(2,3)4,25-17-11-7-12-18-25)26-19-13-8-14-20-26/h6-20,23,27H,5,21-22H2,1-4H3,(H,32,33). The van der Waals surface area contributed by atoms with Crippen LogP contribution in [0.2, 0.25) is 5.04 Å². The summed E-state index contributed by atoms with van der Waals surface area (Å²) in [7, 11) is -2.64. The number of hydrogen-bond donors (Lipinski definition) is 1. The first-order valence-electron chi connectivity index (χ1n) is 12.9. The molecule has 6 heteroatoms. The Morgan fingerprint density at radius 1 is 0.892 bits per heavy atom. The van der Waals surface area contributed by atoms with Crippen LogP contribution in [0.4, 0.5) is 0 Å². The number of H-pyrrole nitrogens is 1. The SMILES string of the molecule is CCOC(=O)c1cc(C(CCO[Si](c2ccccc2)(c2ccccc2)C(C)(C)C)c2ccccc2)n[nH]1. The Bertz CT molecular complexity index is 1230. The quantitative estimate of drug-likeness (QED) is 0.219. The fraction of sp³-hybridized carbons (Fsp3) is 0.290. The van der Waals surface area contributed by atoms with Gasteiger partial charge in [0.15, 0.2) is 0 Å². The van der Waals surface area contributed by atoms with Crippen LogP contribution in [0.3, 0.4) is 0 Å². The van der Waals surface area contributed by atoms with Gasteiger partial charge in [-0.25, -0.2) is 4.79 Å². The fourth-order valence-electron chi connectivity index (χ4n) is 5.09. The molecular formula is C31H36N2O3Si. The summed E-state index contributed by atoms with van der Waals surface area (Å²) in [6.07, 6.45) is 0.724. The van der Waals surface area contributed by atoms with Crippen molar-refractivity contribution in [2.75, 3.05) is 13.2 Å². The van der Waals surface area contributed by atoms with Gasteiger partial charge in [-0.3, -0.25) is 5.10 Å². The molecule has 0 aliphatic carbocycles. The monoisotopic (exact) mass is 512 g/mol. The van der Waals surface area contributed by atoms with E-state index in [1.165, 1.54) is 10.4 Å². The highest BCUT2D eigenvalue weighted by Gasteiger charge is 2.50. The molecule has 4 rings (SSSR count). The topological polar surface area (TPSA) is 64.2 Å². The number of carbonyl (C=O) groups is 1. The number of nitrogens with zero attached hydrogens (tertiary/aromatic N) is 1. The first-order valence-corrected chi connectivity index (χ1v) is 14.8. The van der Waals surface area contributed by atoms with E-state index in [1.54, 1.807) is 13.0 Å². The van der Waals surface area contributed by atoms with E-state index in [0.29, 0.717) is 18.9 Å². The molecule has 192 valence electrons. The number of rotatable bonds is 10. The molecule has 1 N–H and O–H groups in total. The molecule has 0 aliphatic rings. The predicted molar refractivity (Wildman–Crippen MR) is 151 cm³/mol. The van der Waals surface area contributed by atoms with Crippen LogP contribution in [0.1, 0.15) is 61.8 Å². The van der Waals surface area contributed by atoms with Gasteiger partial charge < -0.3 is 9.16 Å². The lowest BCUT2D eigenvalue weighted by atomic mass is 9.93. The second-order valence-electron chi connectivity index (χ2n) is 10.2. The van der Waals surface area contributed by atoms with Crippen molar-refractivity contribution in [3.8, 4) is 0 Å². The molecule has 0 radical (unpaired) electrons. The predicted octanol–water partition coefficient (Wildman–Crippen LogP) is 5.69. The summed E-state index contributed by atoms with van der Waals surface area (Å²) in [6, 6.07) is 33.4. The molecule has 37 heavy (non-hydrogen) atoms. The van der Waals surface area contributed by atoms with Crippen molar-refractivity contribution in [3.05, 3.63) is 114 Å². The summed E-state index contributed by atoms with van der Waals surface area (Å²) in [5.41, 5.74) is 2.31. The normalized spacial score (nSPS) is 12.8. The molecule has 0 amide bonds. The maximum Gasteiger partial charge on any atom is 0.356 e. The Balaban J connectivity index is 1.68. The van der Waals surface area contributed by atoms with Gasteiger partial charge in [-0.2, -0.15) is 5.10 Å². The third-order valence-corrected chi connectivity index (χ3v) is 11.8. The van der Waals surface area contributed by atoms with Crippen LogP contribution in [0.25, 0.3) is 0 Å². The molecule has 0 fully saturated rings. The van der Waals surface area contributed by atoms with Gasteiger partial charge in [0, 0.05) is 12.5 Å². The van der Waals surface area contributed by atoms with Gasteiger partial charge >= 0.3 is 5.97 Å². The zero-order valence-electron chi connectivity index (χ0n) is 22.1. The third kappa shape index (κ3) is 5.76. The zero-order valence-corrected chi connectivity index (χ0v) is 23.1. The van der Waals surface area contributed by atoms with E-state index in [4.69, 9.17) is 9.16 Å². The second-order valence-corrected chi connectivity index (χ2v) is 14.5. The van der Waals surface area contributed by atoms with Crippen molar-refractivity contribution in [2.24, 2.45) is 0 Å². The molecule has 1 aromatic heterocycles. The average molecular weight is 513 g/mol. The largest absolute Gasteiger partial charge is 0.461 e. The van der Waals surface area contributed by atoms with Gasteiger partial charge in [0.2, 0.25) is 0 Å². The van der Waals surface area contributed by atoms with Gasteiger partial charge in [0.25, 0.3) is 8.32 Å². The number of aromatic nitrogens is 2. The minimum Gasteiger partial charge on any atom is -0.461 e. The minimum atomic E-state index is -2.64. The molecular weight excluding hydrogens is 476 g/mol. The Kier molecular flexibility index (Phi) is 8.41. The van der Waals surface area contributed by atoms with Crippen LogP contribution in [0.15, 0.2) is 97.1 Å². The zero-order chi connectivity index (χ0) is 26.3. The van der Waals surface area contributed by atoms with Crippen molar-refractivity contribution in [1.29, 1.82) is 0 Å². The number of hydrogen-bond acceptors (Lipinski definition) is 4. The lowest BCUT2D eigenvalue weighted by Gasteiger charge is -2.43. The molecule has 0 aliphatic heterocycles. The summed E-state index contributed by atoms with van der Waals surface area (Å²) in [4.78, 5) is 12.3. The average Bonchev–Trinajstić information content (AvgIpc) is 3.40. The molecule has 3 aromatic carbocycles. The van der Waals surface area contributed by atoms with Gasteiger partial charge in [0.05, 0.1) is 12.3 Å². The van der Waals surface area contributed by atoms with Crippen molar-refractivity contribution in [3.63, 3.8) is 0 Å². The Morgan fingerprint density at radius 3 is 1.95 bits per heavy atom. The number of aromatic amines is 1. The van der Waals surface area contributed by atoms with Crippen LogP contribution in [0.5, 0.6) is 0 Å². The van der Waals surface area contributed by atoms with Gasteiger partial charge in [0.1, 0.15) is 5.69 Å². The number of esters is 1. The van der Waals surface area contributed by atoms with E-state index in [2.05, 4.69) is 104 Å². The number of carbonyl (C=O) groups excluding carboxylic acids is 1. The van der Waals surface area contributed by atoms with E-state index in [0.717, 1.165) is 17.7 Å². The smallest absolute Gasteiger partial charge is 0.356 e. The summed E-state index contributed by atoms with van der Waals surface area (Å²) in [5.74, 6) is -0.421. The lowest BCUT2D eigenvalue weighted by Crippen LogP contribution is -2.66. The van der Waals surface area contributed by atoms with Crippen LogP contribution in [-0.2, 0) is 9.16 Å². The Labute approximate surface area is 221 Å². The second kappa shape index (κ2) is 11.7. The van der Waals surface area contributed by atoms with Gasteiger partial charge in [-0.15, -0.1) is 0 Å². The molecule has 1 heterocycles. The van der Waals surface area contributed by atoms with E-state index in [1.807, 2.05) is 18.2 Å². The van der Waals surface area contributed by atoms with Crippen molar-refractivity contribution >= 4 is 24.7 Å². The van der Waals surface area contributed by atoms with Crippen molar-refractivity contribution in [1.82, 2.24) is 10.2 Å². The molecule has 5 nitrogen and oxygen atoms in total. The van der Waals surface area contributed by atoms with E-state index >= 15 is 0 Å². The fourth-order valence-corrected chi connectivity index (χ4v) is 9.67. The first kappa shape index (κ1) is 26.6. The van der Waals surface area contributed by atoms with Crippen LogP contribution < -0.4 is 10.4 Å². The Hall–Kier alpha value is -3.48. The van der Waals surface area contributed by atoms with E-state index in [9.17, 15) is 4.79 Å². The molecule has 0 saturated carbocycles. The summed E-state index contributed by atoms with van der Waals surface area (Å²) < 4.78 is 12.3. The van der Waals surface area contributed by atoms with Crippen LogP contribution >= 0.6 is 0 Å². The number of ether oxygens (including phenoxy) is 1. The van der Waals surface area contributed by atoms with E-state index < -0.39 is 14.3 Å². The Morgan fingerprint density at radius 2 is 1.43 bits per heavy atom. The maximum atomic E-state index is 12.3. The number of benzene rings is 3. The molecule has 0 saturated heterocycles. The van der Waals surface area contributed by atoms with E-state index in [-0.39, 0.29) is 11.0 Å². The first-order chi connectivity index (χ1) is 17.9. The highest BCUT2D eigenvalue weighted by molar-refractivity contribution is 6.99. The summed E-state index contributed by atoms with van der Waals surface area (Å²) >= 11 is 0. The van der Waals surface area contributed by atoms with Gasteiger partial charge in [-0.1, -0.05) is 112 Å². The van der Waals surface area contributed by atoms with Gasteiger partial charge in [-0.05, 0) is 40.4 Å². The summed E-state index contributed by atoms with van der Waals surface area (Å²) in [6.45, 7) is 9.52.